The minimum Gasteiger partial charge on any atom is -0.326 e. The third-order valence-electron chi connectivity index (χ3n) is 3.09. The fourth-order valence-electron chi connectivity index (χ4n) is 1.94. The van der Waals surface area contributed by atoms with E-state index in [0.717, 1.165) is 10.9 Å². The Morgan fingerprint density at radius 1 is 1.09 bits per heavy atom. The molecule has 0 aromatic heterocycles. The third kappa shape index (κ3) is 5.08. The maximum atomic E-state index is 12.2. The van der Waals surface area contributed by atoms with E-state index in [9.17, 15) is 9.59 Å². The van der Waals surface area contributed by atoms with Gasteiger partial charge >= 0.3 is 0 Å². The van der Waals surface area contributed by atoms with E-state index in [1.54, 1.807) is 42.5 Å². The lowest BCUT2D eigenvalue weighted by molar-refractivity contribution is -0.116. The highest BCUT2D eigenvalue weighted by Gasteiger charge is 2.09. The van der Waals surface area contributed by atoms with E-state index in [-0.39, 0.29) is 11.8 Å². The standard InChI is InChI=1S/C17H16BrClN2O2/c1-2-3-16(22)20-13-7-4-11(5-8-13)17(23)21-15-9-6-12(18)10-14(15)19/h4-10H,2-3H2,1H3,(H,20,22)(H,21,23). The van der Waals surface area contributed by atoms with Gasteiger partial charge in [-0.3, -0.25) is 9.59 Å². The fraction of sp³-hybridized carbons (Fsp3) is 0.176. The van der Waals surface area contributed by atoms with Gasteiger partial charge in [0.15, 0.2) is 0 Å². The van der Waals surface area contributed by atoms with Crippen LogP contribution in [0.1, 0.15) is 30.1 Å². The summed E-state index contributed by atoms with van der Waals surface area (Å²) in [6, 6.07) is 12.0. The Morgan fingerprint density at radius 3 is 2.39 bits per heavy atom. The predicted octanol–water partition coefficient (Wildman–Crippen LogP) is 5.09. The second kappa shape index (κ2) is 8.13. The van der Waals surface area contributed by atoms with E-state index < -0.39 is 0 Å². The van der Waals surface area contributed by atoms with Crippen molar-refractivity contribution in [3.05, 3.63) is 57.5 Å². The molecule has 2 amide bonds. The van der Waals surface area contributed by atoms with Crippen LogP contribution in [0.4, 0.5) is 11.4 Å². The fourth-order valence-corrected chi connectivity index (χ4v) is 2.66. The molecular formula is C17H16BrClN2O2. The first-order chi connectivity index (χ1) is 11.0. The van der Waals surface area contributed by atoms with Gasteiger partial charge in [-0.1, -0.05) is 34.5 Å². The molecule has 0 aliphatic rings. The van der Waals surface area contributed by atoms with E-state index in [2.05, 4.69) is 26.6 Å². The van der Waals surface area contributed by atoms with Crippen molar-refractivity contribution in [3.63, 3.8) is 0 Å². The monoisotopic (exact) mass is 394 g/mol. The highest BCUT2D eigenvalue weighted by Crippen LogP contribution is 2.26. The molecule has 2 N–H and O–H groups in total. The number of amides is 2. The first-order valence-electron chi connectivity index (χ1n) is 7.16. The number of benzene rings is 2. The molecule has 0 aliphatic heterocycles. The van der Waals surface area contributed by atoms with Crippen LogP contribution in [0.3, 0.4) is 0 Å². The van der Waals surface area contributed by atoms with Crippen molar-refractivity contribution in [2.24, 2.45) is 0 Å². The lowest BCUT2D eigenvalue weighted by Crippen LogP contribution is -2.13. The summed E-state index contributed by atoms with van der Waals surface area (Å²) >= 11 is 9.40. The van der Waals surface area contributed by atoms with Gasteiger partial charge in [0, 0.05) is 22.1 Å². The molecule has 0 saturated heterocycles. The van der Waals surface area contributed by atoms with Crippen LogP contribution in [0.25, 0.3) is 0 Å². The Hall–Kier alpha value is -1.85. The van der Waals surface area contributed by atoms with E-state index in [0.29, 0.717) is 28.4 Å². The topological polar surface area (TPSA) is 58.2 Å². The number of nitrogens with one attached hydrogen (secondary N) is 2. The maximum Gasteiger partial charge on any atom is 0.255 e. The summed E-state index contributed by atoms with van der Waals surface area (Å²) in [6.45, 7) is 1.94. The zero-order chi connectivity index (χ0) is 16.8. The Morgan fingerprint density at radius 2 is 1.78 bits per heavy atom. The Kier molecular flexibility index (Phi) is 6.19. The molecule has 0 saturated carbocycles. The molecule has 4 nitrogen and oxygen atoms in total. The molecule has 0 unspecified atom stereocenters. The van der Waals surface area contributed by atoms with Gasteiger partial charge in [-0.2, -0.15) is 0 Å². The van der Waals surface area contributed by atoms with Crippen molar-refractivity contribution in [2.75, 3.05) is 10.6 Å². The lowest BCUT2D eigenvalue weighted by atomic mass is 10.2. The van der Waals surface area contributed by atoms with E-state index in [1.165, 1.54) is 0 Å². The first-order valence-corrected chi connectivity index (χ1v) is 8.33. The summed E-state index contributed by atoms with van der Waals surface area (Å²) in [5, 5.41) is 5.99. The van der Waals surface area contributed by atoms with Gasteiger partial charge in [0.1, 0.15) is 0 Å². The molecule has 23 heavy (non-hydrogen) atoms. The van der Waals surface area contributed by atoms with Crippen LogP contribution >= 0.6 is 27.5 Å². The molecule has 2 rings (SSSR count). The summed E-state index contributed by atoms with van der Waals surface area (Å²) in [5.74, 6) is -0.299. The molecule has 0 radical (unpaired) electrons. The second-order valence-electron chi connectivity index (χ2n) is 4.95. The molecule has 0 bridgehead atoms. The van der Waals surface area contributed by atoms with Crippen LogP contribution in [-0.4, -0.2) is 11.8 Å². The van der Waals surface area contributed by atoms with Crippen LogP contribution in [0.2, 0.25) is 5.02 Å². The van der Waals surface area contributed by atoms with Crippen LogP contribution in [0.5, 0.6) is 0 Å². The van der Waals surface area contributed by atoms with Crippen molar-refractivity contribution >= 4 is 50.7 Å². The summed E-state index contributed by atoms with van der Waals surface area (Å²) in [7, 11) is 0. The number of rotatable bonds is 5. The summed E-state index contributed by atoms with van der Waals surface area (Å²) in [6.07, 6.45) is 1.27. The Labute approximate surface area is 148 Å². The normalized spacial score (nSPS) is 10.2. The summed E-state index contributed by atoms with van der Waals surface area (Å²) in [5.41, 5.74) is 1.69. The Bertz CT molecular complexity index is 717. The molecule has 0 fully saturated rings. The van der Waals surface area contributed by atoms with Gasteiger partial charge < -0.3 is 10.6 Å². The summed E-state index contributed by atoms with van der Waals surface area (Å²) < 4.78 is 0.840. The smallest absolute Gasteiger partial charge is 0.255 e. The van der Waals surface area contributed by atoms with E-state index >= 15 is 0 Å². The highest BCUT2D eigenvalue weighted by molar-refractivity contribution is 9.10. The lowest BCUT2D eigenvalue weighted by Gasteiger charge is -2.09. The highest BCUT2D eigenvalue weighted by atomic mass is 79.9. The van der Waals surface area contributed by atoms with Gasteiger partial charge in [-0.15, -0.1) is 0 Å². The zero-order valence-corrected chi connectivity index (χ0v) is 14.9. The number of halogens is 2. The number of anilines is 2. The van der Waals surface area contributed by atoms with Crippen LogP contribution in [0.15, 0.2) is 46.9 Å². The van der Waals surface area contributed by atoms with Gasteiger partial charge in [0.2, 0.25) is 5.91 Å². The van der Waals surface area contributed by atoms with Crippen molar-refractivity contribution in [3.8, 4) is 0 Å². The SMILES string of the molecule is CCCC(=O)Nc1ccc(C(=O)Nc2ccc(Br)cc2Cl)cc1. The van der Waals surface area contributed by atoms with Gasteiger partial charge in [0.05, 0.1) is 10.7 Å². The molecule has 0 aliphatic carbocycles. The number of hydrogen-bond donors (Lipinski definition) is 2. The molecule has 2 aromatic rings. The molecule has 0 heterocycles. The second-order valence-corrected chi connectivity index (χ2v) is 6.28. The molecule has 2 aromatic carbocycles. The molecule has 0 atom stereocenters. The van der Waals surface area contributed by atoms with Gasteiger partial charge in [-0.05, 0) is 48.9 Å². The molecule has 6 heteroatoms. The minimum atomic E-state index is -0.263. The van der Waals surface area contributed by atoms with E-state index in [4.69, 9.17) is 11.6 Å². The van der Waals surface area contributed by atoms with Crippen LogP contribution in [-0.2, 0) is 4.79 Å². The minimum absolute atomic E-state index is 0.0358. The van der Waals surface area contributed by atoms with Crippen LogP contribution < -0.4 is 10.6 Å². The molecule has 0 spiro atoms. The first kappa shape index (κ1) is 17.5. The maximum absolute atomic E-state index is 12.2. The third-order valence-corrected chi connectivity index (χ3v) is 3.89. The van der Waals surface area contributed by atoms with Gasteiger partial charge in [-0.25, -0.2) is 0 Å². The summed E-state index contributed by atoms with van der Waals surface area (Å²) in [4.78, 5) is 23.7. The van der Waals surface area contributed by atoms with Crippen LogP contribution in [0, 0.1) is 0 Å². The average molecular weight is 396 g/mol. The average Bonchev–Trinajstić information content (AvgIpc) is 2.51. The van der Waals surface area contributed by atoms with Gasteiger partial charge in [0.25, 0.3) is 5.91 Å². The largest absolute Gasteiger partial charge is 0.326 e. The predicted molar refractivity (Wildman–Crippen MR) is 97.1 cm³/mol. The number of carbonyl (C=O) groups is 2. The van der Waals surface area contributed by atoms with Crippen molar-refractivity contribution in [2.45, 2.75) is 19.8 Å². The van der Waals surface area contributed by atoms with Crippen molar-refractivity contribution in [1.29, 1.82) is 0 Å². The van der Waals surface area contributed by atoms with E-state index in [1.807, 2.05) is 6.92 Å². The van der Waals surface area contributed by atoms with Crippen molar-refractivity contribution in [1.82, 2.24) is 0 Å². The van der Waals surface area contributed by atoms with Crippen molar-refractivity contribution < 1.29 is 9.59 Å². The quantitative estimate of drug-likeness (QED) is 0.740. The number of hydrogen-bond acceptors (Lipinski definition) is 2. The molecular weight excluding hydrogens is 380 g/mol. The molecule has 120 valence electrons. The number of carbonyl (C=O) groups excluding carboxylic acids is 2. The Balaban J connectivity index is 2.04. The zero-order valence-electron chi connectivity index (χ0n) is 12.5.